The van der Waals surface area contributed by atoms with Crippen LogP contribution in [0.15, 0.2) is 36.4 Å². The zero-order chi connectivity index (χ0) is 13.1. The van der Waals surface area contributed by atoms with Gasteiger partial charge in [0.1, 0.15) is 0 Å². The van der Waals surface area contributed by atoms with Crippen molar-refractivity contribution in [2.75, 3.05) is 0 Å². The smallest absolute Gasteiger partial charge is 0.261 e. The molecule has 0 aliphatic carbocycles. The largest absolute Gasteiger partial charge is 0.345 e. The molecule has 2 nitrogen and oxygen atoms in total. The van der Waals surface area contributed by atoms with Crippen LogP contribution in [0.2, 0.25) is 9.36 Å². The number of nitrogens with one attached hydrogen (secondary N) is 1. The van der Waals surface area contributed by atoms with E-state index in [0.29, 0.717) is 14.2 Å². The molecule has 1 aromatic heterocycles. The number of halogens is 2. The third kappa shape index (κ3) is 3.25. The highest BCUT2D eigenvalue weighted by atomic mass is 35.5. The Morgan fingerprint density at radius 1 is 1.28 bits per heavy atom. The molecule has 0 radical (unpaired) electrons. The summed E-state index contributed by atoms with van der Waals surface area (Å²) in [6, 6.07) is 10.8. The molecular weight excluding hydrogens is 289 g/mol. The predicted molar refractivity (Wildman–Crippen MR) is 76.7 cm³/mol. The van der Waals surface area contributed by atoms with E-state index in [2.05, 4.69) is 5.32 Å². The van der Waals surface area contributed by atoms with E-state index in [4.69, 9.17) is 23.2 Å². The van der Waals surface area contributed by atoms with Crippen LogP contribution in [0.25, 0.3) is 0 Å². The third-order valence-corrected chi connectivity index (χ3v) is 3.96. The van der Waals surface area contributed by atoms with Gasteiger partial charge in [0.25, 0.3) is 5.91 Å². The maximum absolute atomic E-state index is 11.9. The van der Waals surface area contributed by atoms with Crippen molar-refractivity contribution >= 4 is 40.4 Å². The van der Waals surface area contributed by atoms with Crippen molar-refractivity contribution in [2.24, 2.45) is 0 Å². The molecule has 5 heteroatoms. The van der Waals surface area contributed by atoms with Crippen molar-refractivity contribution < 1.29 is 4.79 Å². The van der Waals surface area contributed by atoms with Crippen LogP contribution in [0.3, 0.4) is 0 Å². The molecule has 0 aliphatic heterocycles. The number of carbonyl (C=O) groups is 1. The lowest BCUT2D eigenvalue weighted by Crippen LogP contribution is -2.25. The SMILES string of the molecule is CC(NC(=O)c1ccc(Cl)s1)c1cccc(Cl)c1. The quantitative estimate of drug-likeness (QED) is 0.885. The summed E-state index contributed by atoms with van der Waals surface area (Å²) in [4.78, 5) is 12.5. The normalized spacial score (nSPS) is 12.2. The fourth-order valence-electron chi connectivity index (χ4n) is 1.56. The highest BCUT2D eigenvalue weighted by Crippen LogP contribution is 2.23. The first-order chi connectivity index (χ1) is 8.56. The second-order valence-electron chi connectivity index (χ2n) is 3.85. The van der Waals surface area contributed by atoms with Crippen molar-refractivity contribution in [1.29, 1.82) is 0 Å². The van der Waals surface area contributed by atoms with E-state index < -0.39 is 0 Å². The van der Waals surface area contributed by atoms with Gasteiger partial charge in [-0.3, -0.25) is 4.79 Å². The molecule has 94 valence electrons. The lowest BCUT2D eigenvalue weighted by Gasteiger charge is -2.13. The van der Waals surface area contributed by atoms with Gasteiger partial charge in [0, 0.05) is 5.02 Å². The van der Waals surface area contributed by atoms with Crippen LogP contribution in [0.4, 0.5) is 0 Å². The molecule has 1 N–H and O–H groups in total. The van der Waals surface area contributed by atoms with Crippen LogP contribution in [-0.4, -0.2) is 5.91 Å². The molecule has 0 saturated heterocycles. The maximum atomic E-state index is 11.9. The number of carbonyl (C=O) groups excluding carboxylic acids is 1. The molecule has 18 heavy (non-hydrogen) atoms. The van der Waals surface area contributed by atoms with Gasteiger partial charge in [-0.2, -0.15) is 0 Å². The number of thiophene rings is 1. The highest BCUT2D eigenvalue weighted by Gasteiger charge is 2.13. The molecule has 1 aromatic carbocycles. The Labute approximate surface area is 120 Å². The molecule has 2 rings (SSSR count). The molecular formula is C13H11Cl2NOS. The van der Waals surface area contributed by atoms with E-state index in [1.54, 1.807) is 18.2 Å². The number of rotatable bonds is 3. The lowest BCUT2D eigenvalue weighted by atomic mass is 10.1. The van der Waals surface area contributed by atoms with E-state index in [9.17, 15) is 4.79 Å². The minimum absolute atomic E-state index is 0.0999. The maximum Gasteiger partial charge on any atom is 0.261 e. The molecule has 0 spiro atoms. The second kappa shape index (κ2) is 5.74. The predicted octanol–water partition coefficient (Wildman–Crippen LogP) is 4.55. The number of hydrogen-bond acceptors (Lipinski definition) is 2. The molecule has 0 saturated carbocycles. The summed E-state index contributed by atoms with van der Waals surface area (Å²) in [6.07, 6.45) is 0. The van der Waals surface area contributed by atoms with Crippen LogP contribution in [0.1, 0.15) is 28.2 Å². The minimum Gasteiger partial charge on any atom is -0.345 e. The van der Waals surface area contributed by atoms with Gasteiger partial charge in [-0.25, -0.2) is 0 Å². The van der Waals surface area contributed by atoms with E-state index >= 15 is 0 Å². The van der Waals surface area contributed by atoms with Gasteiger partial charge in [0.2, 0.25) is 0 Å². The van der Waals surface area contributed by atoms with Crippen molar-refractivity contribution in [3.8, 4) is 0 Å². The Kier molecular flexibility index (Phi) is 4.27. The highest BCUT2D eigenvalue weighted by molar-refractivity contribution is 7.17. The molecule has 0 fully saturated rings. The Balaban J connectivity index is 2.07. The zero-order valence-electron chi connectivity index (χ0n) is 9.61. The van der Waals surface area contributed by atoms with Gasteiger partial charge in [0.05, 0.1) is 15.3 Å². The van der Waals surface area contributed by atoms with E-state index in [1.165, 1.54) is 11.3 Å². The van der Waals surface area contributed by atoms with Crippen LogP contribution in [0, 0.1) is 0 Å². The van der Waals surface area contributed by atoms with Gasteiger partial charge in [0.15, 0.2) is 0 Å². The van der Waals surface area contributed by atoms with Crippen molar-refractivity contribution in [3.63, 3.8) is 0 Å². The molecule has 1 amide bonds. The summed E-state index contributed by atoms with van der Waals surface area (Å²) >= 11 is 13.0. The van der Waals surface area contributed by atoms with E-state index in [1.807, 2.05) is 25.1 Å². The van der Waals surface area contributed by atoms with Gasteiger partial charge < -0.3 is 5.32 Å². The first kappa shape index (κ1) is 13.4. The Morgan fingerprint density at radius 2 is 2.06 bits per heavy atom. The minimum atomic E-state index is -0.126. The lowest BCUT2D eigenvalue weighted by molar-refractivity contribution is 0.0944. The van der Waals surface area contributed by atoms with Crippen molar-refractivity contribution in [3.05, 3.63) is 56.2 Å². The summed E-state index contributed by atoms with van der Waals surface area (Å²) in [7, 11) is 0. The van der Waals surface area contributed by atoms with E-state index in [-0.39, 0.29) is 11.9 Å². The first-order valence-corrected chi connectivity index (χ1v) is 6.95. The fourth-order valence-corrected chi connectivity index (χ4v) is 2.71. The molecule has 0 bridgehead atoms. The number of amides is 1. The van der Waals surface area contributed by atoms with Gasteiger partial charge >= 0.3 is 0 Å². The molecule has 2 aromatic rings. The standard InChI is InChI=1S/C13H11Cl2NOS/c1-8(9-3-2-4-10(14)7-9)16-13(17)11-5-6-12(15)18-11/h2-8H,1H3,(H,16,17). The van der Waals surface area contributed by atoms with Crippen molar-refractivity contribution in [1.82, 2.24) is 5.32 Å². The fraction of sp³-hybridized carbons (Fsp3) is 0.154. The average molecular weight is 300 g/mol. The molecule has 0 aliphatic rings. The summed E-state index contributed by atoms with van der Waals surface area (Å²) in [5, 5.41) is 3.57. The summed E-state index contributed by atoms with van der Waals surface area (Å²) in [5.74, 6) is -0.126. The second-order valence-corrected chi connectivity index (χ2v) is 6.01. The van der Waals surface area contributed by atoms with Crippen molar-refractivity contribution in [2.45, 2.75) is 13.0 Å². The van der Waals surface area contributed by atoms with Gasteiger partial charge in [-0.1, -0.05) is 35.3 Å². The van der Waals surface area contributed by atoms with E-state index in [0.717, 1.165) is 5.56 Å². The monoisotopic (exact) mass is 299 g/mol. The summed E-state index contributed by atoms with van der Waals surface area (Å²) < 4.78 is 0.607. The van der Waals surface area contributed by atoms with Gasteiger partial charge in [-0.15, -0.1) is 11.3 Å². The Morgan fingerprint density at radius 3 is 2.67 bits per heavy atom. The number of benzene rings is 1. The summed E-state index contributed by atoms with van der Waals surface area (Å²) in [5.41, 5.74) is 0.971. The van der Waals surface area contributed by atoms with Crippen LogP contribution >= 0.6 is 34.5 Å². The zero-order valence-corrected chi connectivity index (χ0v) is 11.9. The number of hydrogen-bond donors (Lipinski definition) is 1. The topological polar surface area (TPSA) is 29.1 Å². The van der Waals surface area contributed by atoms with Crippen LogP contribution < -0.4 is 5.32 Å². The molecule has 1 unspecified atom stereocenters. The van der Waals surface area contributed by atoms with Crippen LogP contribution in [0.5, 0.6) is 0 Å². The summed E-state index contributed by atoms with van der Waals surface area (Å²) in [6.45, 7) is 1.92. The molecule has 1 heterocycles. The Bertz CT molecular complexity index is 568. The first-order valence-electron chi connectivity index (χ1n) is 5.38. The average Bonchev–Trinajstić information content (AvgIpc) is 2.76. The molecule has 1 atom stereocenters. The third-order valence-electron chi connectivity index (χ3n) is 2.49. The van der Waals surface area contributed by atoms with Crippen LogP contribution in [-0.2, 0) is 0 Å². The van der Waals surface area contributed by atoms with Gasteiger partial charge in [-0.05, 0) is 36.8 Å². The Hall–Kier alpha value is -1.03.